The molecule has 21 heavy (non-hydrogen) atoms. The van der Waals surface area contributed by atoms with Crippen molar-refractivity contribution in [2.24, 2.45) is 5.41 Å². The van der Waals surface area contributed by atoms with Gasteiger partial charge < -0.3 is 10.1 Å². The molecule has 0 amide bonds. The van der Waals surface area contributed by atoms with Crippen LogP contribution in [0.25, 0.3) is 0 Å². The number of hydrogen-bond donors (Lipinski definition) is 1. The fourth-order valence-electron chi connectivity index (χ4n) is 2.92. The molecule has 2 rings (SSSR count). The van der Waals surface area contributed by atoms with Gasteiger partial charge in [0.25, 0.3) is 0 Å². The van der Waals surface area contributed by atoms with Gasteiger partial charge in [0.15, 0.2) is 5.75 Å². The number of nitrogens with one attached hydrogen (secondary N) is 1. The van der Waals surface area contributed by atoms with Crippen molar-refractivity contribution in [1.82, 2.24) is 0 Å². The van der Waals surface area contributed by atoms with Crippen molar-refractivity contribution in [3.8, 4) is 5.75 Å². The largest absolute Gasteiger partial charge is 0.484 e. The lowest BCUT2D eigenvalue weighted by Gasteiger charge is -2.24. The lowest BCUT2D eigenvalue weighted by atomic mass is 9.89. The SMILES string of the molecule is CC(C)Oc1cccc(NCC2(C)CCCC2)c1[N+](=O)[O-]. The molecule has 0 bridgehead atoms. The molecule has 0 heterocycles. The van der Waals surface area contributed by atoms with Gasteiger partial charge in [0.2, 0.25) is 0 Å². The predicted molar refractivity (Wildman–Crippen MR) is 83.9 cm³/mol. The molecule has 0 aromatic heterocycles. The van der Waals surface area contributed by atoms with Gasteiger partial charge in [-0.2, -0.15) is 0 Å². The van der Waals surface area contributed by atoms with Gasteiger partial charge >= 0.3 is 5.69 Å². The highest BCUT2D eigenvalue weighted by Crippen LogP contribution is 2.40. The molecule has 0 saturated heterocycles. The van der Waals surface area contributed by atoms with Gasteiger partial charge in [0.1, 0.15) is 5.69 Å². The van der Waals surface area contributed by atoms with Crippen molar-refractivity contribution in [2.45, 2.75) is 52.6 Å². The highest BCUT2D eigenvalue weighted by Gasteiger charge is 2.30. The zero-order chi connectivity index (χ0) is 15.5. The maximum absolute atomic E-state index is 11.4. The Morgan fingerprint density at radius 2 is 2.05 bits per heavy atom. The highest BCUT2D eigenvalue weighted by molar-refractivity contribution is 5.68. The van der Waals surface area contributed by atoms with E-state index in [0.29, 0.717) is 11.4 Å². The van der Waals surface area contributed by atoms with Crippen molar-refractivity contribution in [3.05, 3.63) is 28.3 Å². The van der Waals surface area contributed by atoms with Crippen LogP contribution in [0.3, 0.4) is 0 Å². The van der Waals surface area contributed by atoms with Gasteiger partial charge in [-0.3, -0.25) is 10.1 Å². The number of nitro benzene ring substituents is 1. The summed E-state index contributed by atoms with van der Waals surface area (Å²) in [7, 11) is 0. The molecule has 1 N–H and O–H groups in total. The monoisotopic (exact) mass is 292 g/mol. The summed E-state index contributed by atoms with van der Waals surface area (Å²) in [4.78, 5) is 11.0. The predicted octanol–water partition coefficient (Wildman–Crippen LogP) is 4.37. The molecule has 0 aliphatic heterocycles. The minimum Gasteiger partial charge on any atom is -0.484 e. The fourth-order valence-corrected chi connectivity index (χ4v) is 2.92. The van der Waals surface area contributed by atoms with Gasteiger partial charge in [-0.1, -0.05) is 25.8 Å². The molecular weight excluding hydrogens is 268 g/mol. The minimum absolute atomic E-state index is 0.0350. The van der Waals surface area contributed by atoms with Crippen molar-refractivity contribution in [3.63, 3.8) is 0 Å². The van der Waals surface area contributed by atoms with E-state index in [9.17, 15) is 10.1 Å². The van der Waals surface area contributed by atoms with Gasteiger partial charge in [0, 0.05) is 6.54 Å². The van der Waals surface area contributed by atoms with Crippen LogP contribution in [-0.2, 0) is 0 Å². The lowest BCUT2D eigenvalue weighted by Crippen LogP contribution is -2.23. The van der Waals surface area contributed by atoms with Crippen molar-refractivity contribution < 1.29 is 9.66 Å². The van der Waals surface area contributed by atoms with Crippen LogP contribution in [0.2, 0.25) is 0 Å². The first-order chi connectivity index (χ1) is 9.91. The Labute approximate surface area is 125 Å². The lowest BCUT2D eigenvalue weighted by molar-refractivity contribution is -0.385. The molecule has 1 aromatic rings. The first kappa shape index (κ1) is 15.6. The molecule has 1 saturated carbocycles. The van der Waals surface area contributed by atoms with Crippen LogP contribution >= 0.6 is 0 Å². The number of para-hydroxylation sites is 1. The molecule has 1 aliphatic rings. The molecule has 1 aromatic carbocycles. The standard InChI is InChI=1S/C16H24N2O3/c1-12(2)21-14-8-6-7-13(15(14)18(19)20)17-11-16(3)9-4-5-10-16/h6-8,12,17H,4-5,9-11H2,1-3H3. The normalized spacial score (nSPS) is 17.0. The van der Waals surface area contributed by atoms with Gasteiger partial charge in [0.05, 0.1) is 11.0 Å². The van der Waals surface area contributed by atoms with Crippen LogP contribution in [0, 0.1) is 15.5 Å². The number of ether oxygens (including phenoxy) is 1. The number of rotatable bonds is 6. The zero-order valence-corrected chi connectivity index (χ0v) is 13.0. The van der Waals surface area contributed by atoms with E-state index in [2.05, 4.69) is 12.2 Å². The molecule has 5 heteroatoms. The van der Waals surface area contributed by atoms with E-state index in [1.807, 2.05) is 13.8 Å². The van der Waals surface area contributed by atoms with E-state index < -0.39 is 0 Å². The average Bonchev–Trinajstić information content (AvgIpc) is 2.83. The van der Waals surface area contributed by atoms with Crippen LogP contribution in [0.4, 0.5) is 11.4 Å². The van der Waals surface area contributed by atoms with Crippen molar-refractivity contribution in [1.29, 1.82) is 0 Å². The maximum atomic E-state index is 11.4. The summed E-state index contributed by atoms with van der Waals surface area (Å²) in [5.41, 5.74) is 0.821. The van der Waals surface area contributed by atoms with Gasteiger partial charge in [-0.15, -0.1) is 0 Å². The summed E-state index contributed by atoms with van der Waals surface area (Å²) in [6.45, 7) is 6.74. The maximum Gasteiger partial charge on any atom is 0.333 e. The molecule has 0 atom stereocenters. The molecule has 0 spiro atoms. The number of nitrogens with zero attached hydrogens (tertiary/aromatic N) is 1. The molecule has 1 fully saturated rings. The number of nitro groups is 1. The number of hydrogen-bond acceptors (Lipinski definition) is 4. The third-order valence-electron chi connectivity index (χ3n) is 4.06. The van der Waals surface area contributed by atoms with E-state index in [0.717, 1.165) is 6.54 Å². The van der Waals surface area contributed by atoms with E-state index in [1.165, 1.54) is 25.7 Å². The summed E-state index contributed by atoms with van der Waals surface area (Å²) in [5.74, 6) is 0.330. The van der Waals surface area contributed by atoms with Gasteiger partial charge in [-0.25, -0.2) is 0 Å². The van der Waals surface area contributed by atoms with E-state index in [1.54, 1.807) is 18.2 Å². The molecular formula is C16H24N2O3. The second-order valence-corrected chi connectivity index (χ2v) is 6.45. The number of anilines is 1. The van der Waals surface area contributed by atoms with E-state index >= 15 is 0 Å². The summed E-state index contributed by atoms with van der Waals surface area (Å²) in [5, 5.41) is 14.7. The Morgan fingerprint density at radius 3 is 2.62 bits per heavy atom. The topological polar surface area (TPSA) is 64.4 Å². The first-order valence-electron chi connectivity index (χ1n) is 7.59. The average molecular weight is 292 g/mol. The van der Waals surface area contributed by atoms with Crippen LogP contribution in [0.1, 0.15) is 46.5 Å². The van der Waals surface area contributed by atoms with E-state index in [4.69, 9.17) is 4.74 Å². The fraction of sp³-hybridized carbons (Fsp3) is 0.625. The number of benzene rings is 1. The smallest absolute Gasteiger partial charge is 0.333 e. The van der Waals surface area contributed by atoms with Crippen LogP contribution in [-0.4, -0.2) is 17.6 Å². The molecule has 116 valence electrons. The summed E-state index contributed by atoms with van der Waals surface area (Å²) in [6.07, 6.45) is 4.76. The third kappa shape index (κ3) is 3.86. The molecule has 5 nitrogen and oxygen atoms in total. The highest BCUT2D eigenvalue weighted by atomic mass is 16.6. The molecule has 1 aliphatic carbocycles. The van der Waals surface area contributed by atoms with Crippen LogP contribution in [0.15, 0.2) is 18.2 Å². The zero-order valence-electron chi connectivity index (χ0n) is 13.0. The van der Waals surface area contributed by atoms with E-state index in [-0.39, 0.29) is 22.1 Å². The Kier molecular flexibility index (Phi) is 4.70. The summed E-state index contributed by atoms with van der Waals surface area (Å²) < 4.78 is 5.56. The van der Waals surface area contributed by atoms with Gasteiger partial charge in [-0.05, 0) is 44.2 Å². The molecule has 0 radical (unpaired) electrons. The second-order valence-electron chi connectivity index (χ2n) is 6.45. The minimum atomic E-state index is -0.364. The Morgan fingerprint density at radius 1 is 1.38 bits per heavy atom. The Balaban J connectivity index is 2.19. The summed E-state index contributed by atoms with van der Waals surface area (Å²) in [6, 6.07) is 5.20. The quantitative estimate of drug-likeness (QED) is 0.624. The van der Waals surface area contributed by atoms with Crippen molar-refractivity contribution in [2.75, 3.05) is 11.9 Å². The molecule has 0 unspecified atom stereocenters. The first-order valence-corrected chi connectivity index (χ1v) is 7.59. The van der Waals surface area contributed by atoms with Crippen LogP contribution in [0.5, 0.6) is 5.75 Å². The summed E-state index contributed by atoms with van der Waals surface area (Å²) >= 11 is 0. The van der Waals surface area contributed by atoms with Crippen LogP contribution < -0.4 is 10.1 Å². The third-order valence-corrected chi connectivity index (χ3v) is 4.06. The Bertz CT molecular complexity index is 508. The van der Waals surface area contributed by atoms with Crippen molar-refractivity contribution >= 4 is 11.4 Å². The Hall–Kier alpha value is -1.78. The second kappa shape index (κ2) is 6.33.